The number of nitrogens with zero attached hydrogens (tertiary/aromatic N) is 4. The lowest BCUT2D eigenvalue weighted by Crippen LogP contribution is -2.50. The van der Waals surface area contributed by atoms with Gasteiger partial charge in [-0.3, -0.25) is 14.7 Å². The smallest absolute Gasteiger partial charge is 0.409 e. The molecule has 0 saturated carbocycles. The van der Waals surface area contributed by atoms with E-state index in [1.54, 1.807) is 54.1 Å². The van der Waals surface area contributed by atoms with Gasteiger partial charge in [-0.15, -0.1) is 0 Å². The standard InChI is InChI=1S/C24H28N4O5/c1-3-32-24(31)27-11-9-26(10-12-27)22(18-6-4-8-25-15-18)21-20(29)14-17(2)28(23(21)30)16-19-7-5-13-33-19/h4-8,13-15,22,29H,3,9-12,16H2,1-2H3/t22-/m1/s1. The summed E-state index contributed by atoms with van der Waals surface area (Å²) in [4.78, 5) is 33.8. The Labute approximate surface area is 191 Å². The van der Waals surface area contributed by atoms with Gasteiger partial charge in [-0.05, 0) is 43.7 Å². The molecule has 9 heteroatoms. The Morgan fingerprint density at radius 3 is 2.67 bits per heavy atom. The van der Waals surface area contributed by atoms with E-state index in [-0.39, 0.29) is 29.5 Å². The zero-order valence-corrected chi connectivity index (χ0v) is 18.8. The molecule has 1 N–H and O–H groups in total. The van der Waals surface area contributed by atoms with Gasteiger partial charge in [0.05, 0.1) is 31.0 Å². The van der Waals surface area contributed by atoms with Gasteiger partial charge >= 0.3 is 6.09 Å². The number of piperazine rings is 1. The molecule has 0 unspecified atom stereocenters. The number of carbonyl (C=O) groups excluding carboxylic acids is 1. The molecule has 1 aliphatic heterocycles. The molecule has 4 heterocycles. The molecule has 0 aromatic carbocycles. The lowest BCUT2D eigenvalue weighted by Gasteiger charge is -2.39. The number of pyridine rings is 2. The molecule has 33 heavy (non-hydrogen) atoms. The Morgan fingerprint density at radius 1 is 1.24 bits per heavy atom. The molecule has 9 nitrogen and oxygen atoms in total. The van der Waals surface area contributed by atoms with E-state index in [0.29, 0.717) is 44.2 Å². The van der Waals surface area contributed by atoms with Crippen LogP contribution in [0.1, 0.15) is 35.5 Å². The fourth-order valence-corrected chi connectivity index (χ4v) is 4.26. The molecule has 1 saturated heterocycles. The first kappa shape index (κ1) is 22.6. The molecule has 3 aromatic heterocycles. The minimum atomic E-state index is -0.515. The largest absolute Gasteiger partial charge is 0.507 e. The van der Waals surface area contributed by atoms with Crippen molar-refractivity contribution in [2.45, 2.75) is 26.4 Å². The van der Waals surface area contributed by atoms with Crippen LogP contribution >= 0.6 is 0 Å². The molecule has 4 rings (SSSR count). The molecular weight excluding hydrogens is 424 g/mol. The summed E-state index contributed by atoms with van der Waals surface area (Å²) in [5, 5.41) is 10.9. The van der Waals surface area contributed by atoms with Gasteiger partial charge in [0.15, 0.2) is 0 Å². The van der Waals surface area contributed by atoms with Crippen LogP contribution in [0, 0.1) is 6.92 Å². The minimum Gasteiger partial charge on any atom is -0.507 e. The SMILES string of the molecule is CCOC(=O)N1CCN([C@H](c2cccnc2)c2c(O)cc(C)n(Cc3ccco3)c2=O)CC1. The van der Waals surface area contributed by atoms with Crippen LogP contribution in [0.25, 0.3) is 0 Å². The van der Waals surface area contributed by atoms with Crippen LogP contribution in [-0.4, -0.2) is 63.3 Å². The van der Waals surface area contributed by atoms with Crippen LogP contribution in [0.3, 0.4) is 0 Å². The number of aromatic nitrogens is 2. The van der Waals surface area contributed by atoms with Gasteiger partial charge in [0, 0.05) is 44.3 Å². The van der Waals surface area contributed by atoms with Crippen LogP contribution in [0.15, 0.2) is 58.2 Å². The molecule has 1 fully saturated rings. The molecule has 174 valence electrons. The monoisotopic (exact) mass is 452 g/mol. The highest BCUT2D eigenvalue weighted by Gasteiger charge is 2.33. The highest BCUT2D eigenvalue weighted by atomic mass is 16.6. The van der Waals surface area contributed by atoms with Crippen molar-refractivity contribution in [3.05, 3.63) is 81.9 Å². The van der Waals surface area contributed by atoms with Crippen LogP contribution < -0.4 is 5.56 Å². The summed E-state index contributed by atoms with van der Waals surface area (Å²) in [5.41, 5.74) is 1.42. The third-order valence-electron chi connectivity index (χ3n) is 5.90. The summed E-state index contributed by atoms with van der Waals surface area (Å²) in [5.74, 6) is 0.590. The molecule has 3 aromatic rings. The summed E-state index contributed by atoms with van der Waals surface area (Å²) < 4.78 is 12.2. The first-order valence-corrected chi connectivity index (χ1v) is 11.0. The third-order valence-corrected chi connectivity index (χ3v) is 5.90. The lowest BCUT2D eigenvalue weighted by atomic mass is 9.97. The van der Waals surface area contributed by atoms with E-state index in [1.165, 1.54) is 0 Å². The number of hydrogen-bond donors (Lipinski definition) is 1. The predicted octanol–water partition coefficient (Wildman–Crippen LogP) is 2.76. The maximum Gasteiger partial charge on any atom is 0.409 e. The second-order valence-corrected chi connectivity index (χ2v) is 7.97. The summed E-state index contributed by atoms with van der Waals surface area (Å²) in [6.07, 6.45) is 4.61. The molecular formula is C24H28N4O5. The van der Waals surface area contributed by atoms with Crippen molar-refractivity contribution in [3.63, 3.8) is 0 Å². The van der Waals surface area contributed by atoms with E-state index in [9.17, 15) is 14.7 Å². The van der Waals surface area contributed by atoms with Crippen molar-refractivity contribution in [3.8, 4) is 5.75 Å². The van der Waals surface area contributed by atoms with Crippen molar-refractivity contribution in [2.75, 3.05) is 32.8 Å². The van der Waals surface area contributed by atoms with Crippen molar-refractivity contribution in [1.82, 2.24) is 19.4 Å². The van der Waals surface area contributed by atoms with E-state index in [4.69, 9.17) is 9.15 Å². The summed E-state index contributed by atoms with van der Waals surface area (Å²) in [7, 11) is 0. The number of aromatic hydroxyl groups is 1. The Morgan fingerprint density at radius 2 is 2.03 bits per heavy atom. The second kappa shape index (κ2) is 9.91. The molecule has 0 spiro atoms. The van der Waals surface area contributed by atoms with E-state index in [0.717, 1.165) is 5.56 Å². The third kappa shape index (κ3) is 4.78. The summed E-state index contributed by atoms with van der Waals surface area (Å²) >= 11 is 0. The minimum absolute atomic E-state index is 0.0603. The number of hydrogen-bond acceptors (Lipinski definition) is 7. The first-order valence-electron chi connectivity index (χ1n) is 11.0. The van der Waals surface area contributed by atoms with Crippen molar-refractivity contribution >= 4 is 6.09 Å². The van der Waals surface area contributed by atoms with Gasteiger partial charge in [-0.1, -0.05) is 6.07 Å². The number of aryl methyl sites for hydroxylation is 1. The maximum absolute atomic E-state index is 13.7. The normalized spacial score (nSPS) is 15.4. The van der Waals surface area contributed by atoms with Gasteiger partial charge in [-0.25, -0.2) is 4.79 Å². The number of ether oxygens (including phenoxy) is 1. The maximum atomic E-state index is 13.7. The second-order valence-electron chi connectivity index (χ2n) is 7.97. The van der Waals surface area contributed by atoms with Gasteiger partial charge < -0.3 is 23.7 Å². The topological polar surface area (TPSA) is 101 Å². The Balaban J connectivity index is 1.72. The quantitative estimate of drug-likeness (QED) is 0.614. The number of carbonyl (C=O) groups is 1. The van der Waals surface area contributed by atoms with Crippen LogP contribution in [0.2, 0.25) is 0 Å². The molecule has 1 amide bonds. The van der Waals surface area contributed by atoms with Gasteiger partial charge in [0.25, 0.3) is 5.56 Å². The summed E-state index contributed by atoms with van der Waals surface area (Å²) in [6, 6.07) is 8.38. The lowest BCUT2D eigenvalue weighted by molar-refractivity contribution is 0.0708. The van der Waals surface area contributed by atoms with Gasteiger partial charge in [0.1, 0.15) is 11.5 Å². The van der Waals surface area contributed by atoms with Gasteiger partial charge in [-0.2, -0.15) is 0 Å². The predicted molar refractivity (Wildman–Crippen MR) is 121 cm³/mol. The number of rotatable bonds is 6. The Kier molecular flexibility index (Phi) is 6.79. The van der Waals surface area contributed by atoms with Crippen molar-refractivity contribution in [2.24, 2.45) is 0 Å². The zero-order chi connectivity index (χ0) is 23.4. The van der Waals surface area contributed by atoms with Crippen LogP contribution in [-0.2, 0) is 11.3 Å². The highest BCUT2D eigenvalue weighted by molar-refractivity contribution is 5.67. The summed E-state index contributed by atoms with van der Waals surface area (Å²) in [6.45, 7) is 6.11. The average Bonchev–Trinajstić information content (AvgIpc) is 3.34. The number of amides is 1. The van der Waals surface area contributed by atoms with E-state index < -0.39 is 6.04 Å². The zero-order valence-electron chi connectivity index (χ0n) is 18.8. The fourth-order valence-electron chi connectivity index (χ4n) is 4.26. The van der Waals surface area contributed by atoms with Crippen molar-refractivity contribution in [1.29, 1.82) is 0 Å². The molecule has 1 aliphatic rings. The Bertz CT molecular complexity index is 1140. The van der Waals surface area contributed by atoms with Crippen molar-refractivity contribution < 1.29 is 19.1 Å². The van der Waals surface area contributed by atoms with E-state index >= 15 is 0 Å². The molecule has 0 bridgehead atoms. The Hall–Kier alpha value is -3.59. The highest BCUT2D eigenvalue weighted by Crippen LogP contribution is 2.33. The molecule has 0 aliphatic carbocycles. The van der Waals surface area contributed by atoms with E-state index in [1.807, 2.05) is 18.2 Å². The van der Waals surface area contributed by atoms with Crippen LogP contribution in [0.4, 0.5) is 4.79 Å². The fraction of sp³-hybridized carbons (Fsp3) is 0.375. The average molecular weight is 453 g/mol. The number of furan rings is 1. The van der Waals surface area contributed by atoms with Crippen LogP contribution in [0.5, 0.6) is 5.75 Å². The molecule has 1 atom stereocenters. The first-order chi connectivity index (χ1) is 16.0. The van der Waals surface area contributed by atoms with Gasteiger partial charge in [0.2, 0.25) is 0 Å². The molecule has 0 radical (unpaired) electrons. The van der Waals surface area contributed by atoms with E-state index in [2.05, 4.69) is 9.88 Å².